The van der Waals surface area contributed by atoms with Crippen molar-refractivity contribution in [3.63, 3.8) is 0 Å². The third-order valence-corrected chi connectivity index (χ3v) is 5.34. The lowest BCUT2D eigenvalue weighted by molar-refractivity contribution is 0.102. The van der Waals surface area contributed by atoms with Crippen molar-refractivity contribution >= 4 is 61.8 Å². The minimum atomic E-state index is -0.436. The first kappa shape index (κ1) is 15.4. The molecule has 2 N–H and O–H groups in total. The van der Waals surface area contributed by atoms with Gasteiger partial charge in [-0.25, -0.2) is 4.98 Å². The number of pyridine rings is 1. The average Bonchev–Trinajstić information content (AvgIpc) is 3.11. The number of thiazole rings is 1. The predicted molar refractivity (Wildman–Crippen MR) is 93.2 cm³/mol. The Hall–Kier alpha value is -1.48. The summed E-state index contributed by atoms with van der Waals surface area (Å²) in [4.78, 5) is 31.5. The van der Waals surface area contributed by atoms with Crippen LogP contribution in [-0.2, 0) is 0 Å². The van der Waals surface area contributed by atoms with Crippen molar-refractivity contribution in [2.24, 2.45) is 0 Å². The fraction of sp³-hybridized carbons (Fsp3) is 0. The molecule has 112 valence electrons. The van der Waals surface area contributed by atoms with Gasteiger partial charge < -0.3 is 10.3 Å². The van der Waals surface area contributed by atoms with E-state index in [1.54, 1.807) is 11.4 Å². The quantitative estimate of drug-likeness (QED) is 0.671. The van der Waals surface area contributed by atoms with Crippen LogP contribution in [0, 0.1) is 0 Å². The first-order valence-electron chi connectivity index (χ1n) is 5.94. The molecule has 3 aromatic heterocycles. The second-order valence-electron chi connectivity index (χ2n) is 4.16. The zero-order valence-corrected chi connectivity index (χ0v) is 14.7. The van der Waals surface area contributed by atoms with Gasteiger partial charge in [-0.1, -0.05) is 11.6 Å². The number of H-pyrrole nitrogens is 1. The second kappa shape index (κ2) is 6.33. The molecular formula is C13H7BrClN3O2S2. The smallest absolute Gasteiger partial charge is 0.275 e. The molecule has 3 rings (SSSR count). The number of carbonyl (C=O) groups excluding carboxylic acids is 1. The Morgan fingerprint density at radius 1 is 1.41 bits per heavy atom. The van der Waals surface area contributed by atoms with E-state index in [0.29, 0.717) is 13.8 Å². The molecular weight excluding hydrogens is 410 g/mol. The molecule has 5 nitrogen and oxygen atoms in total. The van der Waals surface area contributed by atoms with E-state index in [-0.39, 0.29) is 16.9 Å². The number of thiophene rings is 1. The monoisotopic (exact) mass is 415 g/mol. The molecule has 0 aliphatic rings. The maximum Gasteiger partial charge on any atom is 0.275 e. The van der Waals surface area contributed by atoms with Gasteiger partial charge in [0.1, 0.15) is 16.4 Å². The number of nitrogens with one attached hydrogen (secondary N) is 2. The summed E-state index contributed by atoms with van der Waals surface area (Å²) < 4.78 is 1.33. The van der Waals surface area contributed by atoms with E-state index in [2.05, 4.69) is 31.2 Å². The Labute approximate surface area is 146 Å². The summed E-state index contributed by atoms with van der Waals surface area (Å²) in [7, 11) is 0. The molecule has 0 saturated heterocycles. The Kier molecular flexibility index (Phi) is 4.44. The number of rotatable bonds is 3. The van der Waals surface area contributed by atoms with Crippen LogP contribution in [0.2, 0.25) is 4.34 Å². The fourth-order valence-electron chi connectivity index (χ4n) is 1.66. The highest BCUT2D eigenvalue weighted by Crippen LogP contribution is 2.32. The van der Waals surface area contributed by atoms with Crippen LogP contribution < -0.4 is 10.9 Å². The van der Waals surface area contributed by atoms with Gasteiger partial charge >= 0.3 is 0 Å². The van der Waals surface area contributed by atoms with Crippen molar-refractivity contribution in [2.45, 2.75) is 0 Å². The topological polar surface area (TPSA) is 74.8 Å². The van der Waals surface area contributed by atoms with E-state index in [4.69, 9.17) is 11.6 Å². The summed E-state index contributed by atoms with van der Waals surface area (Å²) in [6.45, 7) is 0. The summed E-state index contributed by atoms with van der Waals surface area (Å²) >= 11 is 11.9. The number of amides is 1. The normalized spacial score (nSPS) is 10.6. The molecule has 0 aliphatic carbocycles. The van der Waals surface area contributed by atoms with Gasteiger partial charge in [0.2, 0.25) is 0 Å². The highest BCUT2D eigenvalue weighted by atomic mass is 79.9. The summed E-state index contributed by atoms with van der Waals surface area (Å²) in [5.74, 6) is -0.436. The molecule has 0 radical (unpaired) electrons. The highest BCUT2D eigenvalue weighted by Gasteiger charge is 2.14. The molecule has 0 unspecified atom stereocenters. The van der Waals surface area contributed by atoms with Crippen LogP contribution in [0.3, 0.4) is 0 Å². The molecule has 9 heteroatoms. The first-order chi connectivity index (χ1) is 10.5. The largest absolute Gasteiger partial charge is 0.326 e. The Bertz CT molecular complexity index is 903. The summed E-state index contributed by atoms with van der Waals surface area (Å²) in [5.41, 5.74) is 0.0361. The molecule has 22 heavy (non-hydrogen) atoms. The maximum atomic E-state index is 12.2. The minimum absolute atomic E-state index is 0.160. The Balaban J connectivity index is 1.83. The molecule has 0 saturated carbocycles. The number of aromatic amines is 1. The first-order valence-corrected chi connectivity index (χ1v) is 8.80. The molecule has 0 spiro atoms. The van der Waals surface area contributed by atoms with Crippen molar-refractivity contribution < 1.29 is 4.79 Å². The lowest BCUT2D eigenvalue weighted by Gasteiger charge is -2.02. The summed E-state index contributed by atoms with van der Waals surface area (Å²) in [6.07, 6.45) is 1.50. The van der Waals surface area contributed by atoms with E-state index in [1.807, 2.05) is 6.07 Å². The van der Waals surface area contributed by atoms with Crippen molar-refractivity contribution in [1.82, 2.24) is 9.97 Å². The summed E-state index contributed by atoms with van der Waals surface area (Å²) in [6, 6.07) is 5.17. The fourth-order valence-corrected chi connectivity index (χ4v) is 3.92. The number of aromatic nitrogens is 2. The number of carbonyl (C=O) groups is 1. The van der Waals surface area contributed by atoms with Crippen molar-refractivity contribution in [1.29, 1.82) is 0 Å². The molecule has 0 bridgehead atoms. The molecule has 3 aromatic rings. The van der Waals surface area contributed by atoms with E-state index >= 15 is 0 Å². The van der Waals surface area contributed by atoms with Gasteiger partial charge in [-0.2, -0.15) is 0 Å². The minimum Gasteiger partial charge on any atom is -0.326 e. The van der Waals surface area contributed by atoms with Crippen LogP contribution in [0.15, 0.2) is 39.0 Å². The van der Waals surface area contributed by atoms with Crippen LogP contribution in [0.4, 0.5) is 5.69 Å². The highest BCUT2D eigenvalue weighted by molar-refractivity contribution is 9.10. The van der Waals surface area contributed by atoms with Gasteiger partial charge in [0.05, 0.1) is 9.21 Å². The van der Waals surface area contributed by atoms with Crippen LogP contribution >= 0.6 is 50.2 Å². The van der Waals surface area contributed by atoms with E-state index in [1.165, 1.54) is 34.9 Å². The average molecular weight is 417 g/mol. The Morgan fingerprint density at radius 3 is 2.95 bits per heavy atom. The molecule has 0 fully saturated rings. The van der Waals surface area contributed by atoms with Crippen LogP contribution in [0.1, 0.15) is 10.5 Å². The number of anilines is 1. The van der Waals surface area contributed by atoms with Gasteiger partial charge in [-0.3, -0.25) is 9.59 Å². The third-order valence-electron chi connectivity index (χ3n) is 2.64. The zero-order valence-electron chi connectivity index (χ0n) is 10.7. The maximum absolute atomic E-state index is 12.2. The van der Waals surface area contributed by atoms with Gasteiger partial charge in [0, 0.05) is 16.0 Å². The number of nitrogens with zero attached hydrogens (tertiary/aromatic N) is 1. The van der Waals surface area contributed by atoms with Crippen LogP contribution in [0.25, 0.3) is 9.88 Å². The third kappa shape index (κ3) is 3.30. The van der Waals surface area contributed by atoms with Gasteiger partial charge in [0.15, 0.2) is 0 Å². The van der Waals surface area contributed by atoms with Crippen LogP contribution in [0.5, 0.6) is 0 Å². The molecule has 0 atom stereocenters. The number of hydrogen-bond donors (Lipinski definition) is 2. The van der Waals surface area contributed by atoms with Gasteiger partial charge in [-0.05, 0) is 34.1 Å². The van der Waals surface area contributed by atoms with Crippen molar-refractivity contribution in [2.75, 3.05) is 5.32 Å². The zero-order chi connectivity index (χ0) is 15.7. The molecule has 0 aromatic carbocycles. The standard InChI is InChI=1S/C13H7BrClN3O2S2/c14-6-3-7(11(19)16-4-6)17-12(20)8-5-21-13(18-8)9-1-2-10(15)22-9/h1-5H,(H,16,19)(H,17,20). The molecule has 0 aliphatic heterocycles. The van der Waals surface area contributed by atoms with Crippen LogP contribution in [-0.4, -0.2) is 15.9 Å². The molecule has 1 amide bonds. The number of halogens is 2. The lowest BCUT2D eigenvalue weighted by Crippen LogP contribution is -2.19. The lowest BCUT2D eigenvalue weighted by atomic mass is 10.3. The van der Waals surface area contributed by atoms with E-state index in [9.17, 15) is 9.59 Å². The predicted octanol–water partition coefficient (Wildman–Crippen LogP) is 4.23. The van der Waals surface area contributed by atoms with Crippen molar-refractivity contribution in [3.05, 3.63) is 54.6 Å². The Morgan fingerprint density at radius 2 is 2.23 bits per heavy atom. The number of hydrogen-bond acceptors (Lipinski definition) is 5. The van der Waals surface area contributed by atoms with Gasteiger partial charge in [0.25, 0.3) is 11.5 Å². The summed E-state index contributed by atoms with van der Waals surface area (Å²) in [5, 5.41) is 4.90. The van der Waals surface area contributed by atoms with E-state index < -0.39 is 5.91 Å². The van der Waals surface area contributed by atoms with Gasteiger partial charge in [-0.15, -0.1) is 22.7 Å². The molecule has 3 heterocycles. The van der Waals surface area contributed by atoms with E-state index in [0.717, 1.165) is 4.88 Å². The van der Waals surface area contributed by atoms with Crippen molar-refractivity contribution in [3.8, 4) is 9.88 Å². The second-order valence-corrected chi connectivity index (χ2v) is 7.65. The SMILES string of the molecule is O=C(Nc1cc(Br)c[nH]c1=O)c1csc(-c2ccc(Cl)s2)n1.